The van der Waals surface area contributed by atoms with Gasteiger partial charge in [0.15, 0.2) is 5.28 Å². The largest absolute Gasteiger partial charge is 0.351 e. The van der Waals surface area contributed by atoms with Crippen molar-refractivity contribution in [2.45, 2.75) is 36.9 Å². The summed E-state index contributed by atoms with van der Waals surface area (Å²) in [5.41, 5.74) is 0.196. The maximum Gasteiger partial charge on any atom is 0.351 e. The Kier molecular flexibility index (Phi) is 6.92. The number of hydrogen-bond donors (Lipinski definition) is 2. The summed E-state index contributed by atoms with van der Waals surface area (Å²) in [7, 11) is -9.37. The number of rotatable bonds is 7. The van der Waals surface area contributed by atoms with Crippen LogP contribution in [0.2, 0.25) is 5.02 Å². The highest BCUT2D eigenvalue weighted by Crippen LogP contribution is 2.59. The maximum atomic E-state index is 14.0. The number of anilines is 1. The molecule has 0 aliphatic heterocycles. The molecule has 0 bridgehead atoms. The van der Waals surface area contributed by atoms with E-state index in [-0.39, 0.29) is 28.4 Å². The maximum absolute atomic E-state index is 14.0. The summed E-state index contributed by atoms with van der Waals surface area (Å²) in [5, 5.41) is -0.487. The summed E-state index contributed by atoms with van der Waals surface area (Å²) in [4.78, 5) is 20.7. The molecular formula is C21H22BrClNO5PS. The van der Waals surface area contributed by atoms with Crippen LogP contribution in [0.15, 0.2) is 70.0 Å². The Morgan fingerprint density at radius 2 is 1.65 bits per heavy atom. The lowest BCUT2D eigenvalue weighted by molar-refractivity contribution is 0.317. The van der Waals surface area contributed by atoms with Crippen molar-refractivity contribution >= 4 is 61.6 Å². The zero-order chi connectivity index (χ0) is 23.0. The Hall–Kier alpha value is -1.41. The number of sulfonamides is 1. The molecule has 3 aromatic carbocycles. The van der Waals surface area contributed by atoms with Crippen molar-refractivity contribution in [2.75, 3.05) is 4.31 Å². The highest BCUT2D eigenvalue weighted by Gasteiger charge is 2.54. The van der Waals surface area contributed by atoms with Crippen LogP contribution in [0.4, 0.5) is 5.69 Å². The second-order valence-electron chi connectivity index (χ2n) is 7.11. The topological polar surface area (TPSA) is 94.9 Å². The third-order valence-corrected chi connectivity index (χ3v) is 10.00. The minimum Gasteiger partial charge on any atom is -0.323 e. The lowest BCUT2D eigenvalue weighted by Gasteiger charge is -2.43. The first-order chi connectivity index (χ1) is 14.5. The van der Waals surface area contributed by atoms with E-state index in [1.54, 1.807) is 44.2 Å². The first-order valence-corrected chi connectivity index (χ1v) is 13.7. The van der Waals surface area contributed by atoms with Gasteiger partial charge in [0, 0.05) is 14.9 Å². The molecule has 31 heavy (non-hydrogen) atoms. The van der Waals surface area contributed by atoms with Gasteiger partial charge < -0.3 is 9.79 Å². The minimum atomic E-state index is -4.94. The van der Waals surface area contributed by atoms with Crippen LogP contribution in [0, 0.1) is 0 Å². The van der Waals surface area contributed by atoms with Gasteiger partial charge in [-0.3, -0.25) is 4.57 Å². The smallest absolute Gasteiger partial charge is 0.323 e. The van der Waals surface area contributed by atoms with E-state index in [2.05, 4.69) is 15.9 Å². The van der Waals surface area contributed by atoms with E-state index in [0.29, 0.717) is 9.86 Å². The summed E-state index contributed by atoms with van der Waals surface area (Å²) in [5.74, 6) is 0. The summed E-state index contributed by atoms with van der Waals surface area (Å²) in [6.07, 6.45) is -0.198. The lowest BCUT2D eigenvalue weighted by Crippen LogP contribution is -2.51. The molecule has 10 heteroatoms. The van der Waals surface area contributed by atoms with Crippen molar-refractivity contribution in [1.82, 2.24) is 0 Å². The summed E-state index contributed by atoms with van der Waals surface area (Å²) in [6, 6.07) is 16.4. The molecule has 0 saturated heterocycles. The first-order valence-electron chi connectivity index (χ1n) is 9.53. The van der Waals surface area contributed by atoms with Gasteiger partial charge in [0.05, 0.1) is 10.6 Å². The Morgan fingerprint density at radius 3 is 2.23 bits per heavy atom. The van der Waals surface area contributed by atoms with Crippen LogP contribution in [0.3, 0.4) is 0 Å². The fourth-order valence-electron chi connectivity index (χ4n) is 3.81. The van der Waals surface area contributed by atoms with Crippen LogP contribution in [0.25, 0.3) is 10.8 Å². The molecule has 0 spiro atoms. The summed E-state index contributed by atoms with van der Waals surface area (Å²) >= 11 is 9.36. The molecule has 166 valence electrons. The standard InChI is InChI=1S/C21H22BrClNO5PS/c1-3-21(4-2,30(25,26)27)24(20-11-7-9-15-8-5-6-10-19(15)20)31(28,29)18-13-16(22)12-17(23)14-18/h5-14H,3-4H2,1-2H3,(H2,25,26,27). The van der Waals surface area contributed by atoms with E-state index in [1.165, 1.54) is 12.1 Å². The van der Waals surface area contributed by atoms with E-state index in [4.69, 9.17) is 11.6 Å². The van der Waals surface area contributed by atoms with Crippen molar-refractivity contribution in [2.24, 2.45) is 0 Å². The van der Waals surface area contributed by atoms with Crippen LogP contribution in [-0.4, -0.2) is 23.5 Å². The minimum absolute atomic E-state index is 0.0992. The molecule has 0 amide bonds. The monoisotopic (exact) mass is 545 g/mol. The van der Waals surface area contributed by atoms with Gasteiger partial charge in [-0.05, 0) is 42.5 Å². The number of fused-ring (bicyclic) bond motifs is 1. The third kappa shape index (κ3) is 4.30. The average molecular weight is 547 g/mol. The van der Waals surface area contributed by atoms with Gasteiger partial charge >= 0.3 is 7.60 Å². The van der Waals surface area contributed by atoms with Crippen LogP contribution in [0.5, 0.6) is 0 Å². The van der Waals surface area contributed by atoms with Gasteiger partial charge in [0.2, 0.25) is 0 Å². The van der Waals surface area contributed by atoms with Crippen molar-refractivity contribution in [3.8, 4) is 0 Å². The highest BCUT2D eigenvalue weighted by molar-refractivity contribution is 9.10. The van der Waals surface area contributed by atoms with Crippen LogP contribution in [0.1, 0.15) is 26.7 Å². The fraction of sp³-hybridized carbons (Fsp3) is 0.238. The Balaban J connectivity index is 2.46. The molecular weight excluding hydrogens is 525 g/mol. The molecule has 0 aromatic heterocycles. The fourth-order valence-corrected chi connectivity index (χ4v) is 8.59. The molecule has 0 aliphatic rings. The molecule has 0 radical (unpaired) electrons. The predicted octanol–water partition coefficient (Wildman–Crippen LogP) is 6.15. The molecule has 0 unspecified atom stereocenters. The molecule has 0 aliphatic carbocycles. The molecule has 0 atom stereocenters. The first kappa shape index (κ1) is 24.2. The Labute approximate surface area is 195 Å². The third-order valence-electron chi connectivity index (χ3n) is 5.41. The molecule has 0 saturated carbocycles. The SMILES string of the molecule is CCC(CC)(N(c1cccc2ccccc12)S(=O)(=O)c1cc(Cl)cc(Br)c1)P(=O)(O)O. The number of halogens is 2. The molecule has 0 heterocycles. The van der Waals surface area contributed by atoms with E-state index in [1.807, 2.05) is 18.2 Å². The number of benzene rings is 3. The molecule has 0 fully saturated rings. The lowest BCUT2D eigenvalue weighted by atomic mass is 10.1. The predicted molar refractivity (Wildman–Crippen MR) is 128 cm³/mol. The van der Waals surface area contributed by atoms with E-state index < -0.39 is 22.9 Å². The number of nitrogens with zero attached hydrogens (tertiary/aromatic N) is 1. The van der Waals surface area contributed by atoms with Gasteiger partial charge in [0.25, 0.3) is 10.0 Å². The van der Waals surface area contributed by atoms with Crippen molar-refractivity contribution in [3.63, 3.8) is 0 Å². The van der Waals surface area contributed by atoms with Crippen LogP contribution >= 0.6 is 35.1 Å². The normalized spacial score (nSPS) is 12.8. The summed E-state index contributed by atoms with van der Waals surface area (Å²) in [6.45, 7) is 3.15. The van der Waals surface area contributed by atoms with E-state index in [0.717, 1.165) is 9.69 Å². The zero-order valence-corrected chi connectivity index (χ0v) is 20.9. The second-order valence-corrected chi connectivity index (χ2v) is 12.2. The van der Waals surface area contributed by atoms with Gasteiger partial charge in [-0.1, -0.05) is 77.8 Å². The Bertz CT molecular complexity index is 1250. The molecule has 3 aromatic rings. The van der Waals surface area contributed by atoms with Crippen molar-refractivity contribution in [3.05, 3.63) is 70.2 Å². The van der Waals surface area contributed by atoms with Gasteiger partial charge in [-0.15, -0.1) is 0 Å². The highest BCUT2D eigenvalue weighted by atomic mass is 79.9. The van der Waals surface area contributed by atoms with Crippen LogP contribution in [-0.2, 0) is 14.6 Å². The van der Waals surface area contributed by atoms with Gasteiger partial charge in [0.1, 0.15) is 0 Å². The molecule has 2 N–H and O–H groups in total. The second kappa shape index (κ2) is 8.85. The average Bonchev–Trinajstić information content (AvgIpc) is 2.70. The molecule has 6 nitrogen and oxygen atoms in total. The Morgan fingerprint density at radius 1 is 1.03 bits per heavy atom. The van der Waals surface area contributed by atoms with Gasteiger partial charge in [-0.2, -0.15) is 0 Å². The quantitative estimate of drug-likeness (QED) is 0.347. The number of hydrogen-bond acceptors (Lipinski definition) is 3. The van der Waals surface area contributed by atoms with Crippen LogP contribution < -0.4 is 4.31 Å². The van der Waals surface area contributed by atoms with Crippen molar-refractivity contribution < 1.29 is 22.8 Å². The zero-order valence-electron chi connectivity index (χ0n) is 16.9. The van der Waals surface area contributed by atoms with Gasteiger partial charge in [-0.25, -0.2) is 12.7 Å². The van der Waals surface area contributed by atoms with E-state index in [9.17, 15) is 22.8 Å². The summed E-state index contributed by atoms with van der Waals surface area (Å²) < 4.78 is 42.2. The molecule has 3 rings (SSSR count). The van der Waals surface area contributed by atoms with Crippen molar-refractivity contribution in [1.29, 1.82) is 0 Å². The van der Waals surface area contributed by atoms with E-state index >= 15 is 0 Å².